The monoisotopic (exact) mass is 390 g/mol. The lowest BCUT2D eigenvalue weighted by Gasteiger charge is -2.14. The fraction of sp³-hybridized carbons (Fsp3) is 0.214. The van der Waals surface area contributed by atoms with Gasteiger partial charge in [0.2, 0.25) is 5.91 Å². The van der Waals surface area contributed by atoms with Crippen LogP contribution < -0.4 is 11.1 Å². The highest BCUT2D eigenvalue weighted by atomic mass is 35.5. The van der Waals surface area contributed by atoms with Crippen LogP contribution in [0.4, 0.5) is 11.5 Å². The average Bonchev–Trinajstić information content (AvgIpc) is 2.41. The number of halogens is 3. The number of rotatable bonds is 4. The van der Waals surface area contributed by atoms with E-state index in [9.17, 15) is 4.79 Å². The fourth-order valence-electron chi connectivity index (χ4n) is 1.72. The standard InChI is InChI=1S/C14H13Cl3N4OS/c1-6-3-11(18)20-14(19-6)23-7(2)13(22)21-12-9(16)4-8(15)5-10(12)17/h3-5,7H,1-2H3,(H,21,22)(H2,18,19,20). The van der Waals surface area contributed by atoms with Gasteiger partial charge in [-0.3, -0.25) is 4.79 Å². The molecule has 0 aliphatic rings. The van der Waals surface area contributed by atoms with Crippen LogP contribution in [0.5, 0.6) is 0 Å². The third-order valence-electron chi connectivity index (χ3n) is 2.76. The van der Waals surface area contributed by atoms with E-state index in [1.54, 1.807) is 19.9 Å². The second-order valence-electron chi connectivity index (χ2n) is 4.71. The molecule has 5 nitrogen and oxygen atoms in total. The number of benzene rings is 1. The van der Waals surface area contributed by atoms with Crippen molar-refractivity contribution >= 4 is 64.0 Å². The number of hydrogen-bond acceptors (Lipinski definition) is 5. The summed E-state index contributed by atoms with van der Waals surface area (Å²) < 4.78 is 0. The number of aromatic nitrogens is 2. The van der Waals surface area contributed by atoms with Gasteiger partial charge in [-0.1, -0.05) is 46.6 Å². The molecule has 1 aromatic heterocycles. The number of nitrogens with one attached hydrogen (secondary N) is 1. The van der Waals surface area contributed by atoms with Crippen LogP contribution in [0.15, 0.2) is 23.4 Å². The maximum atomic E-state index is 12.3. The van der Waals surface area contributed by atoms with E-state index < -0.39 is 5.25 Å². The van der Waals surface area contributed by atoms with Crippen LogP contribution in [0.2, 0.25) is 15.1 Å². The quantitative estimate of drug-likeness (QED) is 0.594. The van der Waals surface area contributed by atoms with Crippen molar-refractivity contribution in [3.63, 3.8) is 0 Å². The predicted octanol–water partition coefficient (Wildman–Crippen LogP) is 4.45. The summed E-state index contributed by atoms with van der Waals surface area (Å²) in [6.07, 6.45) is 0. The van der Waals surface area contributed by atoms with Gasteiger partial charge < -0.3 is 11.1 Å². The second-order valence-corrected chi connectivity index (χ2v) is 7.27. The van der Waals surface area contributed by atoms with Gasteiger partial charge in [0.25, 0.3) is 0 Å². The first-order valence-corrected chi connectivity index (χ1v) is 8.51. The van der Waals surface area contributed by atoms with Gasteiger partial charge in [0.05, 0.1) is 21.0 Å². The van der Waals surface area contributed by atoms with Crippen molar-refractivity contribution in [1.82, 2.24) is 9.97 Å². The van der Waals surface area contributed by atoms with Gasteiger partial charge in [-0.15, -0.1) is 0 Å². The van der Waals surface area contributed by atoms with E-state index in [1.807, 2.05) is 0 Å². The Bertz CT molecular complexity index is 714. The zero-order chi connectivity index (χ0) is 17.1. The summed E-state index contributed by atoms with van der Waals surface area (Å²) in [7, 11) is 0. The van der Waals surface area contributed by atoms with E-state index >= 15 is 0 Å². The van der Waals surface area contributed by atoms with Crippen molar-refractivity contribution in [1.29, 1.82) is 0 Å². The molecule has 1 heterocycles. The molecule has 2 rings (SSSR count). The van der Waals surface area contributed by atoms with E-state index in [4.69, 9.17) is 40.5 Å². The van der Waals surface area contributed by atoms with Crippen molar-refractivity contribution in [2.45, 2.75) is 24.3 Å². The number of nitrogens with two attached hydrogens (primary N) is 1. The van der Waals surface area contributed by atoms with Gasteiger partial charge in [0, 0.05) is 16.8 Å². The summed E-state index contributed by atoms with van der Waals surface area (Å²) in [6, 6.07) is 4.67. The van der Waals surface area contributed by atoms with E-state index in [0.29, 0.717) is 21.7 Å². The summed E-state index contributed by atoms with van der Waals surface area (Å²) in [5.74, 6) is 0.0706. The van der Waals surface area contributed by atoms with Gasteiger partial charge >= 0.3 is 0 Å². The Morgan fingerprint density at radius 2 is 1.83 bits per heavy atom. The number of thioether (sulfide) groups is 1. The maximum absolute atomic E-state index is 12.3. The Morgan fingerprint density at radius 1 is 1.22 bits per heavy atom. The molecule has 23 heavy (non-hydrogen) atoms. The maximum Gasteiger partial charge on any atom is 0.237 e. The molecule has 0 bridgehead atoms. The molecule has 1 atom stereocenters. The summed E-state index contributed by atoms with van der Waals surface area (Å²) in [5, 5.41) is 3.57. The van der Waals surface area contributed by atoms with Crippen molar-refractivity contribution in [3.8, 4) is 0 Å². The highest BCUT2D eigenvalue weighted by Gasteiger charge is 2.19. The van der Waals surface area contributed by atoms with Gasteiger partial charge in [-0.05, 0) is 26.0 Å². The van der Waals surface area contributed by atoms with Crippen LogP contribution >= 0.6 is 46.6 Å². The second kappa shape index (κ2) is 7.57. The first kappa shape index (κ1) is 18.1. The summed E-state index contributed by atoms with van der Waals surface area (Å²) in [6.45, 7) is 3.53. The molecule has 3 N–H and O–H groups in total. The van der Waals surface area contributed by atoms with Crippen molar-refractivity contribution in [2.24, 2.45) is 0 Å². The van der Waals surface area contributed by atoms with E-state index in [1.165, 1.54) is 23.9 Å². The molecule has 1 aromatic carbocycles. The van der Waals surface area contributed by atoms with Crippen LogP contribution in [0.1, 0.15) is 12.6 Å². The lowest BCUT2D eigenvalue weighted by Crippen LogP contribution is -2.23. The van der Waals surface area contributed by atoms with Gasteiger partial charge in [0.1, 0.15) is 5.82 Å². The molecule has 0 saturated carbocycles. The summed E-state index contributed by atoms with van der Waals surface area (Å²) in [4.78, 5) is 20.6. The highest BCUT2D eigenvalue weighted by Crippen LogP contribution is 2.34. The van der Waals surface area contributed by atoms with Crippen LogP contribution in [0, 0.1) is 6.92 Å². The molecule has 0 fully saturated rings. The summed E-state index contributed by atoms with van der Waals surface area (Å²) >= 11 is 19.1. The zero-order valence-electron chi connectivity index (χ0n) is 12.2. The Hall–Kier alpha value is -1.21. The smallest absolute Gasteiger partial charge is 0.237 e. The predicted molar refractivity (Wildman–Crippen MR) is 96.6 cm³/mol. The Balaban J connectivity index is 2.11. The molecule has 1 amide bonds. The molecule has 9 heteroatoms. The first-order valence-electron chi connectivity index (χ1n) is 6.49. The third kappa shape index (κ3) is 4.88. The van der Waals surface area contributed by atoms with Gasteiger partial charge in [-0.2, -0.15) is 0 Å². The van der Waals surface area contributed by atoms with Crippen molar-refractivity contribution in [3.05, 3.63) is 39.0 Å². The van der Waals surface area contributed by atoms with Crippen LogP contribution in [-0.2, 0) is 4.79 Å². The van der Waals surface area contributed by atoms with Crippen molar-refractivity contribution in [2.75, 3.05) is 11.1 Å². The fourth-order valence-corrected chi connectivity index (χ4v) is 3.46. The van der Waals surface area contributed by atoms with E-state index in [0.717, 1.165) is 5.69 Å². The minimum absolute atomic E-state index is 0.268. The molecule has 0 aliphatic heterocycles. The number of anilines is 2. The highest BCUT2D eigenvalue weighted by molar-refractivity contribution is 8.00. The number of aryl methyl sites for hydroxylation is 1. The van der Waals surface area contributed by atoms with E-state index in [2.05, 4.69) is 15.3 Å². The minimum Gasteiger partial charge on any atom is -0.384 e. The SMILES string of the molecule is Cc1cc(N)nc(SC(C)C(=O)Nc2c(Cl)cc(Cl)cc2Cl)n1. The van der Waals surface area contributed by atoms with Gasteiger partial charge in [-0.25, -0.2) is 9.97 Å². The van der Waals surface area contributed by atoms with Crippen molar-refractivity contribution < 1.29 is 4.79 Å². The largest absolute Gasteiger partial charge is 0.384 e. The molecular formula is C14H13Cl3N4OS. The average molecular weight is 392 g/mol. The third-order valence-corrected chi connectivity index (χ3v) is 4.54. The minimum atomic E-state index is -0.473. The molecule has 0 spiro atoms. The van der Waals surface area contributed by atoms with Crippen LogP contribution in [-0.4, -0.2) is 21.1 Å². The normalized spacial score (nSPS) is 12.0. The number of hydrogen-bond donors (Lipinski definition) is 2. The number of amides is 1. The molecule has 0 radical (unpaired) electrons. The van der Waals surface area contributed by atoms with Crippen LogP contribution in [0.25, 0.3) is 0 Å². The molecular weight excluding hydrogens is 379 g/mol. The summed E-state index contributed by atoms with van der Waals surface area (Å²) in [5.41, 5.74) is 6.73. The number of nitrogens with zero attached hydrogens (tertiary/aromatic N) is 2. The van der Waals surface area contributed by atoms with E-state index in [-0.39, 0.29) is 16.0 Å². The Labute approximate surface area is 152 Å². The number of carbonyl (C=O) groups excluding carboxylic acids is 1. The molecule has 122 valence electrons. The lowest BCUT2D eigenvalue weighted by atomic mass is 10.3. The molecule has 0 saturated heterocycles. The zero-order valence-corrected chi connectivity index (χ0v) is 15.3. The first-order chi connectivity index (χ1) is 10.8. The van der Waals surface area contributed by atoms with Crippen LogP contribution in [0.3, 0.4) is 0 Å². The van der Waals surface area contributed by atoms with Gasteiger partial charge in [0.15, 0.2) is 5.16 Å². The number of nitrogen functional groups attached to an aromatic ring is 1. The number of carbonyl (C=O) groups is 1. The molecule has 1 unspecified atom stereocenters. The Kier molecular flexibility index (Phi) is 5.97. The Morgan fingerprint density at radius 3 is 2.39 bits per heavy atom. The molecule has 0 aliphatic carbocycles. The topological polar surface area (TPSA) is 80.9 Å². The lowest BCUT2D eigenvalue weighted by molar-refractivity contribution is -0.115. The molecule has 2 aromatic rings.